The van der Waals surface area contributed by atoms with E-state index < -0.39 is 0 Å². The van der Waals surface area contributed by atoms with Gasteiger partial charge in [0.1, 0.15) is 6.61 Å². The molecule has 0 bridgehead atoms. The summed E-state index contributed by atoms with van der Waals surface area (Å²) in [5.41, 5.74) is 6.36. The van der Waals surface area contributed by atoms with Gasteiger partial charge in [-0.1, -0.05) is 6.07 Å². The first kappa shape index (κ1) is 14.6. The van der Waals surface area contributed by atoms with Crippen molar-refractivity contribution in [2.75, 3.05) is 33.5 Å². The second kappa shape index (κ2) is 7.12. The van der Waals surface area contributed by atoms with E-state index in [1.54, 1.807) is 11.9 Å². The minimum absolute atomic E-state index is 0.0424. The summed E-state index contributed by atoms with van der Waals surface area (Å²) in [7, 11) is 1.75. The smallest absolute Gasteiger partial charge is 0.248 e. The van der Waals surface area contributed by atoms with Crippen LogP contribution < -0.4 is 15.2 Å². The van der Waals surface area contributed by atoms with E-state index in [1.807, 2.05) is 18.2 Å². The van der Waals surface area contributed by atoms with E-state index in [0.29, 0.717) is 19.7 Å². The SMILES string of the molecule is CN(CCCN)C(=O)COCc1ccc2c(c1)OCO2. The molecule has 20 heavy (non-hydrogen) atoms. The highest BCUT2D eigenvalue weighted by Crippen LogP contribution is 2.32. The number of carbonyl (C=O) groups excluding carboxylic acids is 1. The Balaban J connectivity index is 1.74. The summed E-state index contributed by atoms with van der Waals surface area (Å²) in [5, 5.41) is 0. The van der Waals surface area contributed by atoms with Crippen molar-refractivity contribution >= 4 is 5.91 Å². The summed E-state index contributed by atoms with van der Waals surface area (Å²) in [6.07, 6.45) is 0.796. The maximum Gasteiger partial charge on any atom is 0.248 e. The maximum absolute atomic E-state index is 11.7. The molecule has 1 aromatic rings. The molecule has 0 atom stereocenters. The fourth-order valence-electron chi connectivity index (χ4n) is 1.85. The van der Waals surface area contributed by atoms with E-state index in [4.69, 9.17) is 19.9 Å². The summed E-state index contributed by atoms with van der Waals surface area (Å²) >= 11 is 0. The van der Waals surface area contributed by atoms with Crippen molar-refractivity contribution in [3.8, 4) is 11.5 Å². The van der Waals surface area contributed by atoms with Crippen molar-refractivity contribution in [1.82, 2.24) is 4.90 Å². The lowest BCUT2D eigenvalue weighted by atomic mass is 10.2. The molecule has 6 heteroatoms. The molecule has 1 aliphatic rings. The van der Waals surface area contributed by atoms with Gasteiger partial charge in [-0.15, -0.1) is 0 Å². The van der Waals surface area contributed by atoms with E-state index in [0.717, 1.165) is 23.5 Å². The van der Waals surface area contributed by atoms with Crippen molar-refractivity contribution in [3.05, 3.63) is 23.8 Å². The third kappa shape index (κ3) is 3.85. The van der Waals surface area contributed by atoms with Crippen LogP contribution in [0.5, 0.6) is 11.5 Å². The number of amides is 1. The summed E-state index contributed by atoms with van der Waals surface area (Å²) in [6.45, 7) is 1.92. The molecule has 110 valence electrons. The first-order chi connectivity index (χ1) is 9.70. The Morgan fingerprint density at radius 1 is 1.40 bits per heavy atom. The number of rotatable bonds is 7. The third-order valence-electron chi connectivity index (χ3n) is 3.05. The lowest BCUT2D eigenvalue weighted by molar-refractivity contribution is -0.135. The van der Waals surface area contributed by atoms with Gasteiger partial charge < -0.3 is 24.8 Å². The highest BCUT2D eigenvalue weighted by atomic mass is 16.7. The van der Waals surface area contributed by atoms with Crippen molar-refractivity contribution in [3.63, 3.8) is 0 Å². The van der Waals surface area contributed by atoms with Crippen molar-refractivity contribution < 1.29 is 19.0 Å². The molecule has 2 N–H and O–H groups in total. The number of ether oxygens (including phenoxy) is 3. The lowest BCUT2D eigenvalue weighted by Gasteiger charge is -2.16. The van der Waals surface area contributed by atoms with Crippen LogP contribution in [0.3, 0.4) is 0 Å². The number of likely N-dealkylation sites (N-methyl/N-ethyl adjacent to an activating group) is 1. The molecule has 6 nitrogen and oxygen atoms in total. The molecule has 0 fully saturated rings. The zero-order valence-electron chi connectivity index (χ0n) is 11.6. The fraction of sp³-hybridized carbons (Fsp3) is 0.500. The van der Waals surface area contributed by atoms with Crippen LogP contribution in [0.2, 0.25) is 0 Å². The van der Waals surface area contributed by atoms with Crippen LogP contribution >= 0.6 is 0 Å². The van der Waals surface area contributed by atoms with Crippen molar-refractivity contribution in [2.45, 2.75) is 13.0 Å². The first-order valence-electron chi connectivity index (χ1n) is 6.61. The van der Waals surface area contributed by atoms with Gasteiger partial charge in [-0.05, 0) is 30.7 Å². The van der Waals surface area contributed by atoms with Crippen LogP contribution in [-0.2, 0) is 16.1 Å². The fourth-order valence-corrected chi connectivity index (χ4v) is 1.85. The summed E-state index contributed by atoms with van der Waals surface area (Å²) in [6, 6.07) is 5.61. The van der Waals surface area contributed by atoms with Gasteiger partial charge in [-0.3, -0.25) is 4.79 Å². The molecule has 2 rings (SSSR count). The Labute approximate surface area is 118 Å². The van der Waals surface area contributed by atoms with Gasteiger partial charge in [-0.25, -0.2) is 0 Å². The second-order valence-electron chi connectivity index (χ2n) is 4.64. The molecule has 0 saturated carbocycles. The zero-order chi connectivity index (χ0) is 14.4. The predicted octanol–water partition coefficient (Wildman–Crippen LogP) is 0.739. The van der Waals surface area contributed by atoms with Crippen LogP contribution in [0.4, 0.5) is 0 Å². The average Bonchev–Trinajstić information content (AvgIpc) is 2.92. The Hall–Kier alpha value is -1.79. The van der Waals surface area contributed by atoms with Crippen molar-refractivity contribution in [1.29, 1.82) is 0 Å². The van der Waals surface area contributed by atoms with E-state index in [-0.39, 0.29) is 19.3 Å². The summed E-state index contributed by atoms with van der Waals surface area (Å²) in [4.78, 5) is 13.4. The Kier molecular flexibility index (Phi) is 5.20. The maximum atomic E-state index is 11.7. The highest BCUT2D eigenvalue weighted by molar-refractivity contribution is 5.77. The van der Waals surface area contributed by atoms with E-state index in [2.05, 4.69) is 0 Å². The van der Waals surface area contributed by atoms with E-state index in [9.17, 15) is 4.79 Å². The first-order valence-corrected chi connectivity index (χ1v) is 6.61. The van der Waals surface area contributed by atoms with Gasteiger partial charge in [0.15, 0.2) is 11.5 Å². The quantitative estimate of drug-likeness (QED) is 0.797. The number of nitrogens with two attached hydrogens (primary N) is 1. The molecule has 1 heterocycles. The standard InChI is InChI=1S/C14H20N2O4/c1-16(6-2-5-15)14(17)9-18-8-11-3-4-12-13(7-11)20-10-19-12/h3-4,7H,2,5-6,8-10,15H2,1H3. The number of nitrogens with zero attached hydrogens (tertiary/aromatic N) is 1. The Bertz CT molecular complexity index is 464. The number of carbonyl (C=O) groups is 1. The van der Waals surface area contributed by atoms with E-state index >= 15 is 0 Å². The molecule has 0 aliphatic carbocycles. The molecule has 1 aromatic carbocycles. The molecule has 0 saturated heterocycles. The minimum atomic E-state index is -0.0424. The summed E-state index contributed by atoms with van der Waals surface area (Å²) < 4.78 is 15.9. The van der Waals surface area contributed by atoms with Crippen LogP contribution in [-0.4, -0.2) is 44.3 Å². The van der Waals surface area contributed by atoms with Crippen LogP contribution in [0, 0.1) is 0 Å². The van der Waals surface area contributed by atoms with E-state index in [1.165, 1.54) is 0 Å². The van der Waals surface area contributed by atoms with Gasteiger partial charge in [0.2, 0.25) is 12.7 Å². The second-order valence-corrected chi connectivity index (χ2v) is 4.64. The molecule has 0 radical (unpaired) electrons. The normalized spacial score (nSPS) is 12.5. The number of benzene rings is 1. The molecule has 1 amide bonds. The number of hydrogen-bond donors (Lipinski definition) is 1. The Morgan fingerprint density at radius 3 is 3.00 bits per heavy atom. The Morgan fingerprint density at radius 2 is 2.20 bits per heavy atom. The van der Waals surface area contributed by atoms with Gasteiger partial charge in [0.05, 0.1) is 6.61 Å². The molecule has 1 aliphatic heterocycles. The zero-order valence-corrected chi connectivity index (χ0v) is 11.6. The van der Waals surface area contributed by atoms with Gasteiger partial charge in [0.25, 0.3) is 0 Å². The topological polar surface area (TPSA) is 74.0 Å². The molecule has 0 unspecified atom stereocenters. The largest absolute Gasteiger partial charge is 0.454 e. The monoisotopic (exact) mass is 280 g/mol. The third-order valence-corrected chi connectivity index (χ3v) is 3.05. The lowest BCUT2D eigenvalue weighted by Crippen LogP contribution is -2.32. The van der Waals surface area contributed by atoms with Crippen LogP contribution in [0.1, 0.15) is 12.0 Å². The number of hydrogen-bond acceptors (Lipinski definition) is 5. The molecular formula is C14H20N2O4. The highest BCUT2D eigenvalue weighted by Gasteiger charge is 2.13. The van der Waals surface area contributed by atoms with Gasteiger partial charge >= 0.3 is 0 Å². The van der Waals surface area contributed by atoms with Gasteiger partial charge in [0, 0.05) is 13.6 Å². The van der Waals surface area contributed by atoms with Crippen molar-refractivity contribution in [2.24, 2.45) is 5.73 Å². The summed E-state index contributed by atoms with van der Waals surface area (Å²) in [5.74, 6) is 1.42. The number of fused-ring (bicyclic) bond motifs is 1. The van der Waals surface area contributed by atoms with Gasteiger partial charge in [-0.2, -0.15) is 0 Å². The molecule has 0 spiro atoms. The van der Waals surface area contributed by atoms with Crippen LogP contribution in [0.25, 0.3) is 0 Å². The molecule has 0 aromatic heterocycles. The predicted molar refractivity (Wildman–Crippen MR) is 73.5 cm³/mol. The molecular weight excluding hydrogens is 260 g/mol. The average molecular weight is 280 g/mol. The van der Waals surface area contributed by atoms with Crippen LogP contribution in [0.15, 0.2) is 18.2 Å². The minimum Gasteiger partial charge on any atom is -0.454 e.